The van der Waals surface area contributed by atoms with Gasteiger partial charge in [-0.25, -0.2) is 86.3 Å². The average Bonchev–Trinajstić information content (AvgIpc) is 2.91. The molecule has 0 aliphatic rings. The first-order chi connectivity index (χ1) is 31.2. The molecule has 0 aliphatic heterocycles. The van der Waals surface area contributed by atoms with Crippen molar-refractivity contribution >= 4 is 1050 Å². The van der Waals surface area contributed by atoms with E-state index in [-0.39, 0.29) is 943 Å². The largest absolute Gasteiger partial charge is 2.00 e. The van der Waals surface area contributed by atoms with Crippen LogP contribution in [0.4, 0.5) is 86.3 Å². The summed E-state index contributed by atoms with van der Waals surface area (Å²) in [5.41, 5.74) is 0. The minimum Gasteiger partial charge on any atom is -0.450 e. The third-order valence-electron chi connectivity index (χ3n) is 0. The summed E-state index contributed by atoms with van der Waals surface area (Å²) < 4.78 is 0. The van der Waals surface area contributed by atoms with Crippen molar-refractivity contribution in [3.05, 3.63) is 0 Å². The van der Waals surface area contributed by atoms with Crippen molar-refractivity contribution in [2.75, 3.05) is 0 Å². The van der Waals surface area contributed by atoms with Crippen molar-refractivity contribution in [3.63, 3.8) is 0 Å². The Hall–Kier alpha value is 18.4. The van der Waals surface area contributed by atoms with E-state index in [0.29, 0.717) is 0 Å². The van der Waals surface area contributed by atoms with E-state index in [0.717, 1.165) is 0 Å². The van der Waals surface area contributed by atoms with E-state index in [1.807, 2.05) is 0 Å². The van der Waals surface area contributed by atoms with E-state index in [2.05, 4.69) is 0 Å². The Kier molecular flexibility index (Phi) is 834. The van der Waals surface area contributed by atoms with Crippen LogP contribution in [0.1, 0.15) is 0 Å². The van der Waals surface area contributed by atoms with Crippen LogP contribution in [0.5, 0.6) is 0 Å². The number of rotatable bonds is 0. The predicted octanol–water partition coefficient (Wildman–Crippen LogP) is -5.52. The Balaban J connectivity index is -0.00000000765. The van der Waals surface area contributed by atoms with E-state index in [4.69, 9.17) is 270 Å². The van der Waals surface area contributed by atoms with Gasteiger partial charge in [0.15, 0.2) is 0 Å². The standard InChI is InChI=1S/18CH2O3.25Ca/c18*2-1(3)4;;;;;;;;;;;;;;;;;;;;;;;;;/h18*(H2,2,3,4);;;;;;;;;;;;;;;;;;;;;;;;;/q;;;;;;;;;;;;;;;;;;25*+2. The van der Waals surface area contributed by atoms with Gasteiger partial charge < -0.3 is 184 Å². The smallest absolute Gasteiger partial charge is 0.450 e. The Bertz CT molecular complexity index is 1000. The van der Waals surface area contributed by atoms with Gasteiger partial charge in [0.25, 0.3) is 0 Å². The van der Waals surface area contributed by atoms with E-state index < -0.39 is 111 Å². The quantitative estimate of drug-likeness (QED) is 0.101. The molecule has 0 saturated carbocycles. The van der Waals surface area contributed by atoms with Crippen LogP contribution in [-0.2, 0) is 0 Å². The summed E-state index contributed by atoms with van der Waals surface area (Å²) >= 11 is 0. The molecule has 432 valence electrons. The van der Waals surface area contributed by atoms with Gasteiger partial charge in [-0.1, -0.05) is 0 Å². The Morgan fingerprint density at radius 1 is 0.0722 bits per heavy atom. The Morgan fingerprint density at radius 2 is 0.0722 bits per heavy atom. The van der Waals surface area contributed by atoms with Crippen LogP contribution in [0.25, 0.3) is 0 Å². The summed E-state index contributed by atoms with van der Waals surface area (Å²) in [5, 5.41) is 251. The fraction of sp³-hybridized carbons (Fsp3) is 0. The van der Waals surface area contributed by atoms with Crippen LogP contribution >= 0.6 is 0 Å². The molecule has 54 nitrogen and oxygen atoms in total. The molecule has 0 aromatic rings. The maximum atomic E-state index is 8.56. The minimum absolute atomic E-state index is 0. The third kappa shape index (κ3) is 4290. The molecular formula is C18H36Ca25O54+50. The zero-order valence-corrected chi connectivity index (χ0v) is 105. The van der Waals surface area contributed by atoms with Crippen molar-refractivity contribution in [1.82, 2.24) is 0 Å². The fourth-order valence-corrected chi connectivity index (χ4v) is 0. The van der Waals surface area contributed by atoms with E-state index in [1.165, 1.54) is 0 Å². The maximum absolute atomic E-state index is 8.56. The van der Waals surface area contributed by atoms with Crippen molar-refractivity contribution in [2.24, 2.45) is 0 Å². The molecule has 0 aliphatic carbocycles. The van der Waals surface area contributed by atoms with Crippen LogP contribution in [-0.4, -0.2) is 1240 Å². The van der Waals surface area contributed by atoms with Gasteiger partial charge in [-0.3, -0.25) is 0 Å². The number of hydrogen-bond donors (Lipinski definition) is 36. The van der Waals surface area contributed by atoms with Crippen molar-refractivity contribution in [2.45, 2.75) is 0 Å². The summed E-state index contributed by atoms with van der Waals surface area (Å²) in [5.74, 6) is 0. The van der Waals surface area contributed by atoms with Crippen LogP contribution in [0.2, 0.25) is 0 Å². The third-order valence-corrected chi connectivity index (χ3v) is 0. The normalized spacial score (nSPS) is 4.45. The maximum Gasteiger partial charge on any atom is 2.00 e. The molecule has 0 radical (unpaired) electrons. The Labute approximate surface area is 1280 Å². The van der Waals surface area contributed by atoms with E-state index in [9.17, 15) is 0 Å². The number of hydrogen-bond acceptors (Lipinski definition) is 18. The molecule has 0 spiro atoms. The Morgan fingerprint density at radius 3 is 0.0722 bits per heavy atom. The van der Waals surface area contributed by atoms with E-state index in [1.54, 1.807) is 0 Å². The minimum atomic E-state index is -1.83. The van der Waals surface area contributed by atoms with Crippen LogP contribution in [0.15, 0.2) is 0 Å². The molecule has 0 saturated heterocycles. The molecule has 0 atom stereocenters. The molecule has 0 bridgehead atoms. The first kappa shape index (κ1) is 288. The molecule has 0 fully saturated rings. The predicted molar refractivity (Wildman–Crippen MR) is 336 cm³/mol. The molecule has 0 heterocycles. The molecule has 0 unspecified atom stereocenters. The summed E-state index contributed by atoms with van der Waals surface area (Å²) in [6.45, 7) is 0. The second-order valence-corrected chi connectivity index (χ2v) is 5.09. The van der Waals surface area contributed by atoms with Gasteiger partial charge in [0, 0.05) is 0 Å². The van der Waals surface area contributed by atoms with Crippen molar-refractivity contribution in [1.29, 1.82) is 0 Å². The van der Waals surface area contributed by atoms with Gasteiger partial charge in [-0.15, -0.1) is 0 Å². The SMILES string of the molecule is O=C(O)O.O=C(O)O.O=C(O)O.O=C(O)O.O=C(O)O.O=C(O)O.O=C(O)O.O=C(O)O.O=C(O)O.O=C(O)O.O=C(O)O.O=C(O)O.O=C(O)O.O=C(O)O.O=C(O)O.O=C(O)O.O=C(O)O.O=C(O)O.[Ca+2].[Ca+2].[Ca+2].[Ca+2].[Ca+2].[Ca+2].[Ca+2].[Ca+2].[Ca+2].[Ca+2].[Ca+2].[Ca+2].[Ca+2].[Ca+2].[Ca+2].[Ca+2].[Ca+2].[Ca+2].[Ca+2].[Ca+2].[Ca+2].[Ca+2].[Ca+2].[Ca+2].[Ca+2]. The summed E-state index contributed by atoms with van der Waals surface area (Å²) in [4.78, 5) is 154. The molecule has 0 aromatic heterocycles. The first-order valence-electron chi connectivity index (χ1n) is 11.7. The molecule has 79 heteroatoms. The van der Waals surface area contributed by atoms with Gasteiger partial charge in [-0.2, -0.15) is 0 Å². The number of carboxylic acid groups (broad SMARTS) is 36. The average molecular weight is 2120 g/mol. The summed E-state index contributed by atoms with van der Waals surface area (Å²) in [7, 11) is 0. The zero-order valence-electron chi connectivity index (χ0n) is 50.1. The molecule has 0 rings (SSSR count). The van der Waals surface area contributed by atoms with E-state index >= 15 is 0 Å². The van der Waals surface area contributed by atoms with Gasteiger partial charge >= 0.3 is 1050 Å². The molecule has 97 heavy (non-hydrogen) atoms. The summed E-state index contributed by atoms with van der Waals surface area (Å²) in [6, 6.07) is 0. The topological polar surface area (TPSA) is 1040 Å². The van der Waals surface area contributed by atoms with Gasteiger partial charge in [0.2, 0.25) is 0 Å². The molecular weight excluding hydrogens is 2080 g/mol. The second kappa shape index (κ2) is 281. The first-order valence-corrected chi connectivity index (χ1v) is 11.7. The monoisotopic (exact) mass is 2120 g/mol. The van der Waals surface area contributed by atoms with Gasteiger partial charge in [0.05, 0.1) is 0 Å². The molecule has 36 N–H and O–H groups in total. The van der Waals surface area contributed by atoms with Crippen LogP contribution in [0.3, 0.4) is 0 Å². The molecule has 0 amide bonds. The van der Waals surface area contributed by atoms with Crippen LogP contribution in [0, 0.1) is 0 Å². The second-order valence-electron chi connectivity index (χ2n) is 5.09. The number of carbonyl (C=O) groups is 18. The van der Waals surface area contributed by atoms with Crippen LogP contribution < -0.4 is 0 Å². The van der Waals surface area contributed by atoms with Crippen molar-refractivity contribution < 1.29 is 270 Å². The fourth-order valence-electron chi connectivity index (χ4n) is 0. The zero-order chi connectivity index (χ0) is 64.4. The van der Waals surface area contributed by atoms with Crippen molar-refractivity contribution in [3.8, 4) is 0 Å². The summed E-state index contributed by atoms with van der Waals surface area (Å²) in [6.07, 6.45) is -33.0. The van der Waals surface area contributed by atoms with Gasteiger partial charge in [-0.05, 0) is 0 Å². The van der Waals surface area contributed by atoms with Gasteiger partial charge in [0.1, 0.15) is 0 Å². The molecule has 0 aromatic carbocycles.